The molecule has 7 heteroatoms. The molecule has 12 heavy (non-hydrogen) atoms. The van der Waals surface area contributed by atoms with Gasteiger partial charge in [0.2, 0.25) is 4.75 Å². The Bertz CT molecular complexity index is 177. The van der Waals surface area contributed by atoms with Gasteiger partial charge in [-0.1, -0.05) is 6.92 Å². The SMILES string of the molecule is CC1SC1(C(F)(F)F)C(F)(F)F. The zero-order chi connectivity index (χ0) is 9.78. The molecule has 0 aromatic rings. The molecule has 1 rings (SSSR count). The first-order valence-corrected chi connectivity index (χ1v) is 3.82. The molecule has 0 aromatic carbocycles. The van der Waals surface area contributed by atoms with E-state index < -0.39 is 22.3 Å². The Kier molecular flexibility index (Phi) is 1.87. The lowest BCUT2D eigenvalue weighted by atomic mass is 10.1. The van der Waals surface area contributed by atoms with Crippen LogP contribution in [0.15, 0.2) is 0 Å². The summed E-state index contributed by atoms with van der Waals surface area (Å²) in [7, 11) is 0. The summed E-state index contributed by atoms with van der Waals surface area (Å²) in [4.78, 5) is 0. The Morgan fingerprint density at radius 2 is 1.25 bits per heavy atom. The largest absolute Gasteiger partial charge is 0.413 e. The maximum Gasteiger partial charge on any atom is 0.413 e. The zero-order valence-electron chi connectivity index (χ0n) is 5.75. The Balaban J connectivity index is 2.96. The van der Waals surface area contributed by atoms with Gasteiger partial charge in [0, 0.05) is 5.25 Å². The van der Waals surface area contributed by atoms with Crippen molar-refractivity contribution in [1.82, 2.24) is 0 Å². The summed E-state index contributed by atoms with van der Waals surface area (Å²) in [5.74, 6) is 0. The third-order valence-electron chi connectivity index (χ3n) is 1.72. The first-order valence-electron chi connectivity index (χ1n) is 2.94. The molecule has 0 aromatic heterocycles. The van der Waals surface area contributed by atoms with Crippen molar-refractivity contribution >= 4 is 11.8 Å². The van der Waals surface area contributed by atoms with Crippen molar-refractivity contribution in [1.29, 1.82) is 0 Å². The van der Waals surface area contributed by atoms with Crippen LogP contribution in [0.5, 0.6) is 0 Å². The Morgan fingerprint density at radius 1 is 1.00 bits per heavy atom. The summed E-state index contributed by atoms with van der Waals surface area (Å²) >= 11 is -0.0972. The molecule has 0 saturated carbocycles. The van der Waals surface area contributed by atoms with Gasteiger partial charge in [-0.05, 0) is 0 Å². The average Bonchev–Trinajstić information content (AvgIpc) is 2.36. The van der Waals surface area contributed by atoms with Crippen molar-refractivity contribution in [3.63, 3.8) is 0 Å². The van der Waals surface area contributed by atoms with Gasteiger partial charge in [-0.3, -0.25) is 0 Å². The predicted molar refractivity (Wildman–Crippen MR) is 31.9 cm³/mol. The van der Waals surface area contributed by atoms with E-state index in [1.54, 1.807) is 0 Å². The van der Waals surface area contributed by atoms with Gasteiger partial charge in [-0.15, -0.1) is 11.8 Å². The smallest absolute Gasteiger partial charge is 0.169 e. The molecule has 0 bridgehead atoms. The van der Waals surface area contributed by atoms with Crippen LogP contribution in [0.25, 0.3) is 0 Å². The molecule has 1 unspecified atom stereocenters. The summed E-state index contributed by atoms with van der Waals surface area (Å²) in [6, 6.07) is 0. The van der Waals surface area contributed by atoms with Crippen LogP contribution in [0, 0.1) is 0 Å². The fourth-order valence-electron chi connectivity index (χ4n) is 1.00. The minimum atomic E-state index is -5.20. The lowest BCUT2D eigenvalue weighted by molar-refractivity contribution is -0.252. The number of thioether (sulfide) groups is 1. The minimum Gasteiger partial charge on any atom is -0.169 e. The zero-order valence-corrected chi connectivity index (χ0v) is 6.57. The van der Waals surface area contributed by atoms with Gasteiger partial charge in [0.1, 0.15) is 0 Å². The standard InChI is InChI=1S/C5H4F6S/c1-2-3(12-2,4(6,7)8)5(9,10)11/h2H,1H3. The van der Waals surface area contributed by atoms with Crippen LogP contribution in [0.4, 0.5) is 26.3 Å². The van der Waals surface area contributed by atoms with E-state index in [0.29, 0.717) is 0 Å². The number of alkyl halides is 6. The van der Waals surface area contributed by atoms with Gasteiger partial charge in [-0.2, -0.15) is 26.3 Å². The van der Waals surface area contributed by atoms with Crippen LogP contribution in [-0.4, -0.2) is 22.3 Å². The Labute approximate surface area is 68.3 Å². The third kappa shape index (κ3) is 1.09. The highest BCUT2D eigenvalue weighted by Crippen LogP contribution is 2.69. The molecular weight excluding hydrogens is 206 g/mol. The molecule has 0 amide bonds. The van der Waals surface area contributed by atoms with Crippen LogP contribution >= 0.6 is 11.8 Å². The number of halogens is 6. The lowest BCUT2D eigenvalue weighted by Gasteiger charge is -2.21. The first-order chi connectivity index (χ1) is 5.13. The van der Waals surface area contributed by atoms with E-state index in [1.165, 1.54) is 0 Å². The summed E-state index contributed by atoms with van der Waals surface area (Å²) in [5.41, 5.74) is 0. The van der Waals surface area contributed by atoms with Crippen molar-refractivity contribution < 1.29 is 26.3 Å². The quantitative estimate of drug-likeness (QED) is 0.437. The van der Waals surface area contributed by atoms with E-state index in [0.717, 1.165) is 6.92 Å². The van der Waals surface area contributed by atoms with Gasteiger partial charge >= 0.3 is 12.4 Å². The minimum absolute atomic E-state index is 0.0972. The van der Waals surface area contributed by atoms with Crippen LogP contribution in [0.3, 0.4) is 0 Å². The maximum atomic E-state index is 11.9. The molecule has 1 atom stereocenters. The molecule has 1 aliphatic heterocycles. The Morgan fingerprint density at radius 3 is 1.25 bits per heavy atom. The van der Waals surface area contributed by atoms with Crippen molar-refractivity contribution in [2.24, 2.45) is 0 Å². The molecule has 1 heterocycles. The van der Waals surface area contributed by atoms with Crippen LogP contribution < -0.4 is 0 Å². The van der Waals surface area contributed by atoms with E-state index in [4.69, 9.17) is 0 Å². The summed E-state index contributed by atoms with van der Waals surface area (Å²) in [5, 5.41) is -1.42. The molecule has 1 aliphatic rings. The van der Waals surface area contributed by atoms with E-state index in [1.807, 2.05) is 0 Å². The molecule has 0 aliphatic carbocycles. The number of hydrogen-bond acceptors (Lipinski definition) is 1. The number of hydrogen-bond donors (Lipinski definition) is 0. The van der Waals surface area contributed by atoms with E-state index in [2.05, 4.69) is 0 Å². The molecule has 1 fully saturated rings. The molecule has 0 radical (unpaired) electrons. The van der Waals surface area contributed by atoms with Gasteiger partial charge in [-0.25, -0.2) is 0 Å². The molecule has 0 N–H and O–H groups in total. The molecule has 0 spiro atoms. The van der Waals surface area contributed by atoms with Gasteiger partial charge in [0.05, 0.1) is 0 Å². The van der Waals surface area contributed by atoms with E-state index in [9.17, 15) is 26.3 Å². The van der Waals surface area contributed by atoms with E-state index in [-0.39, 0.29) is 11.8 Å². The fraction of sp³-hybridized carbons (Fsp3) is 1.00. The normalized spacial score (nSPS) is 28.8. The van der Waals surface area contributed by atoms with Gasteiger partial charge in [0.15, 0.2) is 0 Å². The monoisotopic (exact) mass is 210 g/mol. The average molecular weight is 210 g/mol. The van der Waals surface area contributed by atoms with Crippen molar-refractivity contribution in [3.8, 4) is 0 Å². The summed E-state index contributed by atoms with van der Waals surface area (Å²) < 4.78 is 67.9. The molecular formula is C5H4F6S. The number of rotatable bonds is 0. The highest BCUT2D eigenvalue weighted by molar-refractivity contribution is 8.08. The van der Waals surface area contributed by atoms with Crippen molar-refractivity contribution in [2.75, 3.05) is 0 Å². The molecule has 1 saturated heterocycles. The predicted octanol–water partition coefficient (Wildman–Crippen LogP) is 2.99. The molecule has 0 nitrogen and oxygen atoms in total. The van der Waals surface area contributed by atoms with E-state index >= 15 is 0 Å². The van der Waals surface area contributed by atoms with Gasteiger partial charge < -0.3 is 0 Å². The van der Waals surface area contributed by atoms with Crippen LogP contribution in [0.2, 0.25) is 0 Å². The summed E-state index contributed by atoms with van der Waals surface area (Å²) in [6.45, 7) is 0.922. The summed E-state index contributed by atoms with van der Waals surface area (Å²) in [6.07, 6.45) is -10.4. The Hall–Kier alpha value is -0.0700. The van der Waals surface area contributed by atoms with Crippen LogP contribution in [0.1, 0.15) is 6.92 Å². The second-order valence-electron chi connectivity index (χ2n) is 2.49. The maximum absolute atomic E-state index is 11.9. The topological polar surface area (TPSA) is 0 Å². The van der Waals surface area contributed by atoms with Crippen molar-refractivity contribution in [3.05, 3.63) is 0 Å². The second-order valence-corrected chi connectivity index (χ2v) is 4.08. The van der Waals surface area contributed by atoms with Crippen molar-refractivity contribution in [2.45, 2.75) is 29.3 Å². The fourth-order valence-corrected chi connectivity index (χ4v) is 2.02. The lowest BCUT2D eigenvalue weighted by Crippen LogP contribution is -2.46. The second kappa shape index (κ2) is 2.24. The highest BCUT2D eigenvalue weighted by Gasteiger charge is 2.83. The van der Waals surface area contributed by atoms with Crippen LogP contribution in [-0.2, 0) is 0 Å². The van der Waals surface area contributed by atoms with Gasteiger partial charge in [0.25, 0.3) is 0 Å². The highest BCUT2D eigenvalue weighted by atomic mass is 32.2. The first kappa shape index (κ1) is 10.0. The molecule has 72 valence electrons. The third-order valence-corrected chi connectivity index (χ3v) is 3.36.